The van der Waals surface area contributed by atoms with Gasteiger partial charge in [0.25, 0.3) is 5.91 Å². The Bertz CT molecular complexity index is 918. The van der Waals surface area contributed by atoms with Crippen LogP contribution in [0.4, 0.5) is 10.5 Å². The van der Waals surface area contributed by atoms with Crippen molar-refractivity contribution >= 4 is 29.4 Å². The van der Waals surface area contributed by atoms with E-state index in [9.17, 15) is 14.7 Å². The predicted molar refractivity (Wildman–Crippen MR) is 129 cm³/mol. The van der Waals surface area contributed by atoms with Crippen LogP contribution in [0.1, 0.15) is 51.4 Å². The molecule has 3 atom stereocenters. The molecule has 2 amide bonds. The second kappa shape index (κ2) is 10.3. The summed E-state index contributed by atoms with van der Waals surface area (Å²) in [4.78, 5) is 29.5. The Labute approximate surface area is 199 Å². The number of fused-ring (bicyclic) bond motifs is 2. The molecule has 1 N–H and O–H groups in total. The average Bonchev–Trinajstić information content (AvgIpc) is 3.09. The molecule has 2 unspecified atom stereocenters. The number of aliphatic hydroxyl groups excluding tert-OH is 1. The zero-order valence-corrected chi connectivity index (χ0v) is 21.0. The first-order valence-electron chi connectivity index (χ1n) is 11.2. The summed E-state index contributed by atoms with van der Waals surface area (Å²) in [5.41, 5.74) is 1.29. The number of methoxy groups -OCH3 is 1. The van der Waals surface area contributed by atoms with Crippen LogP contribution in [0.3, 0.4) is 0 Å². The van der Waals surface area contributed by atoms with Crippen LogP contribution >= 0.6 is 11.8 Å². The van der Waals surface area contributed by atoms with Gasteiger partial charge in [0.15, 0.2) is 17.7 Å². The standard InChI is InChI=1S/C24H34N2O6S/c1-13(2)32-21-10-18-17(9-20(21)30-7)22(27)25-11-15(5)8-19(25)23(28)26(18)24(29)31-12-16(6)33-14(3)4/h9-10,13-14,16,19,23,28H,5,8,11-12H2,1-4,6-7H3/t16?,19-,23?/m0/s1. The Morgan fingerprint density at radius 3 is 2.55 bits per heavy atom. The molecule has 33 heavy (non-hydrogen) atoms. The first-order valence-corrected chi connectivity index (χ1v) is 12.1. The number of hydrogen-bond donors (Lipinski definition) is 1. The molecule has 1 saturated heterocycles. The van der Waals surface area contributed by atoms with Gasteiger partial charge >= 0.3 is 6.09 Å². The highest BCUT2D eigenvalue weighted by Crippen LogP contribution is 2.42. The number of aliphatic hydroxyl groups is 1. The molecule has 1 aromatic carbocycles. The van der Waals surface area contributed by atoms with E-state index >= 15 is 0 Å². The van der Waals surface area contributed by atoms with Crippen LogP contribution in [0, 0.1) is 0 Å². The fraction of sp³-hybridized carbons (Fsp3) is 0.583. The number of anilines is 1. The number of thioether (sulfide) groups is 1. The van der Waals surface area contributed by atoms with Crippen molar-refractivity contribution < 1.29 is 28.9 Å². The summed E-state index contributed by atoms with van der Waals surface area (Å²) in [7, 11) is 1.49. The molecule has 2 aliphatic rings. The van der Waals surface area contributed by atoms with E-state index in [2.05, 4.69) is 20.4 Å². The first kappa shape index (κ1) is 25.2. The number of amides is 2. The maximum atomic E-state index is 13.5. The Balaban J connectivity index is 2.05. The molecule has 0 spiro atoms. The first-order chi connectivity index (χ1) is 15.5. The lowest BCUT2D eigenvalue weighted by atomic mass is 10.1. The van der Waals surface area contributed by atoms with Gasteiger partial charge in [0.1, 0.15) is 6.61 Å². The number of benzene rings is 1. The largest absolute Gasteiger partial charge is 0.493 e. The highest BCUT2D eigenvalue weighted by Gasteiger charge is 2.46. The van der Waals surface area contributed by atoms with Gasteiger partial charge in [-0.3, -0.25) is 4.79 Å². The molecular weight excluding hydrogens is 444 g/mol. The normalized spacial score (nSPS) is 21.1. The number of carbonyl (C=O) groups is 2. The quantitative estimate of drug-likeness (QED) is 0.591. The molecule has 2 heterocycles. The van der Waals surface area contributed by atoms with Crippen LogP contribution in [-0.4, -0.2) is 71.1 Å². The van der Waals surface area contributed by atoms with Crippen LogP contribution in [0.15, 0.2) is 24.3 Å². The summed E-state index contributed by atoms with van der Waals surface area (Å²) >= 11 is 1.70. The second-order valence-electron chi connectivity index (χ2n) is 9.00. The van der Waals surface area contributed by atoms with E-state index in [1.165, 1.54) is 7.11 Å². The lowest BCUT2D eigenvalue weighted by Gasteiger charge is -2.32. The number of hydrogen-bond acceptors (Lipinski definition) is 7. The minimum atomic E-state index is -1.30. The third-order valence-electron chi connectivity index (χ3n) is 5.44. The smallest absolute Gasteiger partial charge is 0.416 e. The SMILES string of the molecule is C=C1C[C@H]2C(O)N(C(=O)OCC(C)SC(C)C)c3cc(OC(C)C)c(OC)cc3C(=O)N2C1. The van der Waals surface area contributed by atoms with Crippen molar-refractivity contribution in [2.75, 3.05) is 25.2 Å². The predicted octanol–water partition coefficient (Wildman–Crippen LogP) is 4.06. The van der Waals surface area contributed by atoms with Crippen molar-refractivity contribution in [2.45, 2.75) is 69.9 Å². The van der Waals surface area contributed by atoms with Crippen LogP contribution in [0.2, 0.25) is 0 Å². The summed E-state index contributed by atoms with van der Waals surface area (Å²) in [6.07, 6.45) is -1.77. The van der Waals surface area contributed by atoms with Gasteiger partial charge in [0.05, 0.1) is 30.5 Å². The summed E-state index contributed by atoms with van der Waals surface area (Å²) in [5, 5.41) is 11.8. The highest BCUT2D eigenvalue weighted by atomic mass is 32.2. The van der Waals surface area contributed by atoms with Gasteiger partial charge < -0.3 is 24.2 Å². The van der Waals surface area contributed by atoms with Crippen LogP contribution in [0.5, 0.6) is 11.5 Å². The van der Waals surface area contributed by atoms with Crippen molar-refractivity contribution in [1.29, 1.82) is 0 Å². The van der Waals surface area contributed by atoms with Gasteiger partial charge in [-0.05, 0) is 38.5 Å². The maximum absolute atomic E-state index is 13.5. The molecule has 0 saturated carbocycles. The van der Waals surface area contributed by atoms with Gasteiger partial charge in [-0.1, -0.05) is 26.0 Å². The fourth-order valence-electron chi connectivity index (χ4n) is 4.18. The van der Waals surface area contributed by atoms with Crippen LogP contribution in [-0.2, 0) is 4.74 Å². The highest BCUT2D eigenvalue weighted by molar-refractivity contribution is 8.00. The monoisotopic (exact) mass is 478 g/mol. The van der Waals surface area contributed by atoms with Gasteiger partial charge in [0.2, 0.25) is 0 Å². The number of carbonyl (C=O) groups excluding carboxylic acids is 2. The topological polar surface area (TPSA) is 88.5 Å². The average molecular weight is 479 g/mol. The Morgan fingerprint density at radius 1 is 1.24 bits per heavy atom. The van der Waals surface area contributed by atoms with Crippen molar-refractivity contribution in [2.24, 2.45) is 0 Å². The summed E-state index contributed by atoms with van der Waals surface area (Å²) in [5.74, 6) is 0.442. The van der Waals surface area contributed by atoms with Crippen molar-refractivity contribution in [1.82, 2.24) is 4.90 Å². The van der Waals surface area contributed by atoms with Gasteiger partial charge in [-0.25, -0.2) is 9.69 Å². The van der Waals surface area contributed by atoms with E-state index in [1.54, 1.807) is 28.8 Å². The second-order valence-corrected chi connectivity index (χ2v) is 11.0. The molecule has 182 valence electrons. The van der Waals surface area contributed by atoms with E-state index in [1.807, 2.05) is 20.8 Å². The molecule has 9 heteroatoms. The fourth-order valence-corrected chi connectivity index (χ4v) is 5.26. The van der Waals surface area contributed by atoms with Crippen LogP contribution < -0.4 is 14.4 Å². The minimum Gasteiger partial charge on any atom is -0.493 e. The van der Waals surface area contributed by atoms with E-state index in [0.29, 0.717) is 29.7 Å². The molecule has 8 nitrogen and oxygen atoms in total. The molecule has 0 radical (unpaired) electrons. The lowest BCUT2D eigenvalue weighted by molar-refractivity contribution is 0.0491. The van der Waals surface area contributed by atoms with E-state index < -0.39 is 18.4 Å². The van der Waals surface area contributed by atoms with Crippen LogP contribution in [0.25, 0.3) is 0 Å². The molecule has 3 rings (SSSR count). The third-order valence-corrected chi connectivity index (χ3v) is 6.58. The van der Waals surface area contributed by atoms with E-state index in [4.69, 9.17) is 14.2 Å². The number of rotatable bonds is 7. The van der Waals surface area contributed by atoms with Gasteiger partial charge in [-0.15, -0.1) is 0 Å². The summed E-state index contributed by atoms with van der Waals surface area (Å²) in [6.45, 7) is 14.4. The third kappa shape index (κ3) is 5.41. The summed E-state index contributed by atoms with van der Waals surface area (Å²) in [6, 6.07) is 2.51. The van der Waals surface area contributed by atoms with Crippen molar-refractivity contribution in [3.63, 3.8) is 0 Å². The van der Waals surface area contributed by atoms with Crippen molar-refractivity contribution in [3.8, 4) is 11.5 Å². The number of nitrogens with zero attached hydrogens (tertiary/aromatic N) is 2. The molecule has 0 aliphatic carbocycles. The zero-order valence-electron chi connectivity index (χ0n) is 20.2. The molecule has 0 aromatic heterocycles. The Morgan fingerprint density at radius 2 is 1.94 bits per heavy atom. The maximum Gasteiger partial charge on any atom is 0.416 e. The molecule has 0 bridgehead atoms. The van der Waals surface area contributed by atoms with Gasteiger partial charge in [-0.2, -0.15) is 11.8 Å². The molecule has 1 fully saturated rings. The summed E-state index contributed by atoms with van der Waals surface area (Å²) < 4.78 is 16.9. The molecule has 2 aliphatic heterocycles. The lowest BCUT2D eigenvalue weighted by Crippen LogP contribution is -2.51. The number of ether oxygens (including phenoxy) is 3. The molecule has 1 aromatic rings. The van der Waals surface area contributed by atoms with Gasteiger partial charge in [0, 0.05) is 17.9 Å². The zero-order chi connectivity index (χ0) is 24.4. The Kier molecular flexibility index (Phi) is 7.84. The van der Waals surface area contributed by atoms with E-state index in [0.717, 1.165) is 10.5 Å². The van der Waals surface area contributed by atoms with Crippen molar-refractivity contribution in [3.05, 3.63) is 29.8 Å². The molecular formula is C24H34N2O6S. The Hall–Kier alpha value is -2.39. The minimum absolute atomic E-state index is 0.0811. The van der Waals surface area contributed by atoms with E-state index in [-0.39, 0.29) is 35.1 Å².